The van der Waals surface area contributed by atoms with E-state index in [0.29, 0.717) is 0 Å². The Morgan fingerprint density at radius 1 is 1.08 bits per heavy atom. The van der Waals surface area contributed by atoms with Crippen LogP contribution in [0.5, 0.6) is 0 Å². The second-order valence-corrected chi connectivity index (χ2v) is 2.99. The van der Waals surface area contributed by atoms with Gasteiger partial charge in [-0.15, -0.1) is 0 Å². The monoisotopic (exact) mass is 214 g/mol. The van der Waals surface area contributed by atoms with Crippen molar-refractivity contribution >= 4 is 11.1 Å². The Hall–Kier alpha value is -0.950. The number of benzene rings is 1. The van der Waals surface area contributed by atoms with E-state index in [2.05, 4.69) is 0 Å². The summed E-state index contributed by atoms with van der Waals surface area (Å²) in [5.74, 6) is -7.68. The molecule has 1 aromatic rings. The lowest BCUT2D eigenvalue weighted by atomic mass is 10.3. The van der Waals surface area contributed by atoms with Crippen molar-refractivity contribution in [3.63, 3.8) is 0 Å². The van der Waals surface area contributed by atoms with Crippen LogP contribution in [0.2, 0.25) is 0 Å². The second kappa shape index (κ2) is 3.43. The first kappa shape index (κ1) is 10.1. The summed E-state index contributed by atoms with van der Waals surface area (Å²) in [6.45, 7) is 0. The van der Waals surface area contributed by atoms with Crippen LogP contribution < -0.4 is 0 Å². The lowest BCUT2D eigenvalue weighted by Gasteiger charge is -2.00. The van der Waals surface area contributed by atoms with Crippen LogP contribution in [-0.4, -0.2) is 8.76 Å². The fourth-order valence-corrected chi connectivity index (χ4v) is 1.13. The summed E-state index contributed by atoms with van der Waals surface area (Å²) >= 11 is -2.89. The summed E-state index contributed by atoms with van der Waals surface area (Å²) in [7, 11) is 0. The standard InChI is InChI=1S/C6H2F4O2S/c7-2-1-3(13(11)12)5(9)6(10)4(2)8/h1H,(H,11,12). The Morgan fingerprint density at radius 2 is 1.62 bits per heavy atom. The van der Waals surface area contributed by atoms with E-state index in [0.717, 1.165) is 0 Å². The Balaban J connectivity index is 3.50. The molecule has 0 saturated carbocycles. The summed E-state index contributed by atoms with van der Waals surface area (Å²) < 4.78 is 68.1. The lowest BCUT2D eigenvalue weighted by molar-refractivity contribution is 0.395. The molecule has 0 fully saturated rings. The second-order valence-electron chi connectivity index (χ2n) is 2.05. The van der Waals surface area contributed by atoms with Crippen molar-refractivity contribution in [2.45, 2.75) is 4.90 Å². The average Bonchev–Trinajstić information content (AvgIpc) is 2.07. The topological polar surface area (TPSA) is 37.3 Å². The first-order valence-corrected chi connectivity index (χ1v) is 3.99. The maximum atomic E-state index is 12.6. The third-order valence-electron chi connectivity index (χ3n) is 1.26. The molecular formula is C6H2F4O2S. The van der Waals surface area contributed by atoms with Crippen LogP contribution in [0.15, 0.2) is 11.0 Å². The highest BCUT2D eigenvalue weighted by Crippen LogP contribution is 2.20. The number of halogens is 4. The van der Waals surface area contributed by atoms with Crippen LogP contribution in [0, 0.1) is 23.3 Å². The normalized spacial score (nSPS) is 13.0. The van der Waals surface area contributed by atoms with Gasteiger partial charge in [0.05, 0.1) is 0 Å². The molecular weight excluding hydrogens is 212 g/mol. The molecule has 1 atom stereocenters. The van der Waals surface area contributed by atoms with Crippen LogP contribution in [-0.2, 0) is 11.1 Å². The SMILES string of the molecule is O=S(O)c1cc(F)c(F)c(F)c1F. The fourth-order valence-electron chi connectivity index (χ4n) is 0.678. The van der Waals surface area contributed by atoms with Gasteiger partial charge in [-0.05, 0) is 6.07 Å². The van der Waals surface area contributed by atoms with Gasteiger partial charge < -0.3 is 4.55 Å². The molecule has 13 heavy (non-hydrogen) atoms. The van der Waals surface area contributed by atoms with Crippen LogP contribution in [0.4, 0.5) is 17.6 Å². The van der Waals surface area contributed by atoms with E-state index in [4.69, 9.17) is 4.55 Å². The van der Waals surface area contributed by atoms with Crippen molar-refractivity contribution in [1.29, 1.82) is 0 Å². The summed E-state index contributed by atoms with van der Waals surface area (Å²) in [6.07, 6.45) is 0. The molecule has 0 aliphatic carbocycles. The van der Waals surface area contributed by atoms with E-state index in [9.17, 15) is 21.8 Å². The zero-order valence-corrected chi connectivity index (χ0v) is 6.67. The van der Waals surface area contributed by atoms with E-state index in [1.165, 1.54) is 0 Å². The van der Waals surface area contributed by atoms with Gasteiger partial charge in [0.15, 0.2) is 34.3 Å². The van der Waals surface area contributed by atoms with Gasteiger partial charge in [-0.25, -0.2) is 21.8 Å². The largest absolute Gasteiger partial charge is 0.302 e. The summed E-state index contributed by atoms with van der Waals surface area (Å²) in [4.78, 5) is -1.13. The van der Waals surface area contributed by atoms with Gasteiger partial charge in [-0.1, -0.05) is 0 Å². The predicted octanol–water partition coefficient (Wildman–Crippen LogP) is 1.82. The van der Waals surface area contributed by atoms with E-state index in [1.54, 1.807) is 0 Å². The van der Waals surface area contributed by atoms with Gasteiger partial charge in [0.25, 0.3) is 0 Å². The van der Waals surface area contributed by atoms with Gasteiger partial charge in [-0.3, -0.25) is 0 Å². The van der Waals surface area contributed by atoms with Crippen LogP contribution >= 0.6 is 0 Å². The lowest BCUT2D eigenvalue weighted by Crippen LogP contribution is -2.02. The Morgan fingerprint density at radius 3 is 2.08 bits per heavy atom. The number of hydrogen-bond donors (Lipinski definition) is 1. The molecule has 1 rings (SSSR count). The Labute approximate surface area is 72.5 Å². The van der Waals surface area contributed by atoms with E-state index in [-0.39, 0.29) is 6.07 Å². The van der Waals surface area contributed by atoms with Crippen molar-refractivity contribution in [3.05, 3.63) is 29.3 Å². The summed E-state index contributed by atoms with van der Waals surface area (Å²) in [6, 6.07) is 0.129. The van der Waals surface area contributed by atoms with E-state index >= 15 is 0 Å². The Kier molecular flexibility index (Phi) is 2.67. The van der Waals surface area contributed by atoms with Gasteiger partial charge >= 0.3 is 0 Å². The first-order chi connectivity index (χ1) is 5.95. The molecule has 0 heterocycles. The van der Waals surface area contributed by atoms with Crippen molar-refractivity contribution in [3.8, 4) is 0 Å². The molecule has 0 bridgehead atoms. The van der Waals surface area contributed by atoms with E-state index in [1.807, 2.05) is 0 Å². The third-order valence-corrected chi connectivity index (χ3v) is 1.93. The molecule has 0 radical (unpaired) electrons. The van der Waals surface area contributed by atoms with Gasteiger partial charge in [0.1, 0.15) is 4.90 Å². The van der Waals surface area contributed by atoms with Gasteiger partial charge in [-0.2, -0.15) is 0 Å². The molecule has 7 heteroatoms. The smallest absolute Gasteiger partial charge is 0.198 e. The molecule has 0 saturated heterocycles. The minimum Gasteiger partial charge on any atom is -0.302 e. The van der Waals surface area contributed by atoms with Crippen molar-refractivity contribution in [1.82, 2.24) is 0 Å². The van der Waals surface area contributed by atoms with E-state index < -0.39 is 39.2 Å². The fraction of sp³-hybridized carbons (Fsp3) is 0. The molecule has 1 unspecified atom stereocenters. The highest BCUT2D eigenvalue weighted by Gasteiger charge is 2.21. The van der Waals surface area contributed by atoms with Crippen molar-refractivity contribution < 1.29 is 26.3 Å². The average molecular weight is 214 g/mol. The van der Waals surface area contributed by atoms with Crippen molar-refractivity contribution in [2.75, 3.05) is 0 Å². The third kappa shape index (κ3) is 1.70. The number of rotatable bonds is 1. The quantitative estimate of drug-likeness (QED) is 0.335. The summed E-state index contributed by atoms with van der Waals surface area (Å²) in [5, 5.41) is 0. The molecule has 1 aromatic carbocycles. The van der Waals surface area contributed by atoms with Crippen molar-refractivity contribution in [2.24, 2.45) is 0 Å². The molecule has 0 aliphatic heterocycles. The minimum absolute atomic E-state index is 0.129. The molecule has 0 aromatic heterocycles. The zero-order chi connectivity index (χ0) is 10.2. The molecule has 0 amide bonds. The van der Waals surface area contributed by atoms with Gasteiger partial charge in [0, 0.05) is 0 Å². The van der Waals surface area contributed by atoms with Crippen LogP contribution in [0.3, 0.4) is 0 Å². The first-order valence-electron chi connectivity index (χ1n) is 2.89. The maximum absolute atomic E-state index is 12.6. The minimum atomic E-state index is -2.89. The molecule has 2 nitrogen and oxygen atoms in total. The highest BCUT2D eigenvalue weighted by molar-refractivity contribution is 7.79. The predicted molar refractivity (Wildman–Crippen MR) is 35.3 cm³/mol. The zero-order valence-electron chi connectivity index (χ0n) is 5.85. The molecule has 0 spiro atoms. The Bertz CT molecular complexity index is 379. The molecule has 0 aliphatic rings. The van der Waals surface area contributed by atoms with Crippen LogP contribution in [0.1, 0.15) is 0 Å². The highest BCUT2D eigenvalue weighted by atomic mass is 32.2. The maximum Gasteiger partial charge on any atom is 0.198 e. The molecule has 72 valence electrons. The van der Waals surface area contributed by atoms with Gasteiger partial charge in [0.2, 0.25) is 0 Å². The molecule has 1 N–H and O–H groups in total. The van der Waals surface area contributed by atoms with Crippen LogP contribution in [0.25, 0.3) is 0 Å². The summed E-state index contributed by atoms with van der Waals surface area (Å²) in [5.41, 5.74) is 0. The number of hydrogen-bond acceptors (Lipinski definition) is 1.